The first-order valence-corrected chi connectivity index (χ1v) is 8.46. The highest BCUT2D eigenvalue weighted by atomic mass is 19.4. The molecule has 1 aliphatic heterocycles. The lowest BCUT2D eigenvalue weighted by molar-refractivity contribution is -0.0592. The molecule has 1 aliphatic rings. The number of benzene rings is 1. The van der Waals surface area contributed by atoms with Crippen molar-refractivity contribution in [3.8, 4) is 0 Å². The van der Waals surface area contributed by atoms with E-state index in [2.05, 4.69) is 33.8 Å². The lowest BCUT2D eigenvalue weighted by Gasteiger charge is -2.17. The van der Waals surface area contributed by atoms with Crippen molar-refractivity contribution in [3.63, 3.8) is 0 Å². The Hall–Kier alpha value is -2.44. The molecule has 0 spiro atoms. The van der Waals surface area contributed by atoms with Gasteiger partial charge in [0.25, 0.3) is 0 Å². The lowest BCUT2D eigenvalue weighted by Crippen LogP contribution is -2.26. The van der Waals surface area contributed by atoms with Gasteiger partial charge in [-0.25, -0.2) is 4.99 Å². The summed E-state index contributed by atoms with van der Waals surface area (Å²) in [5.74, 6) is 0.113. The van der Waals surface area contributed by atoms with Crippen LogP contribution in [0.5, 0.6) is 0 Å². The van der Waals surface area contributed by atoms with E-state index >= 15 is 0 Å². The predicted molar refractivity (Wildman–Crippen MR) is 101 cm³/mol. The van der Waals surface area contributed by atoms with E-state index in [1.165, 1.54) is 0 Å². The van der Waals surface area contributed by atoms with Crippen molar-refractivity contribution in [3.05, 3.63) is 42.0 Å². The van der Waals surface area contributed by atoms with Crippen LogP contribution in [0.2, 0.25) is 0 Å². The first-order valence-electron chi connectivity index (χ1n) is 8.46. The SMILES string of the molecule is C=C(NC(C)CC(C)=NCC)c1ccc(C2=NCC(C(F)(F)F)=N2)cc1. The van der Waals surface area contributed by atoms with E-state index in [4.69, 9.17) is 0 Å². The Balaban J connectivity index is 2.00. The molecule has 0 amide bonds. The zero-order chi connectivity index (χ0) is 19.3. The van der Waals surface area contributed by atoms with Crippen LogP contribution in [0.3, 0.4) is 0 Å². The molecular formula is C19H23F3N4. The second kappa shape index (κ2) is 8.29. The van der Waals surface area contributed by atoms with Crippen LogP contribution in [0.1, 0.15) is 38.3 Å². The number of halogens is 3. The summed E-state index contributed by atoms with van der Waals surface area (Å²) in [6.07, 6.45) is -3.62. The van der Waals surface area contributed by atoms with Crippen molar-refractivity contribution in [1.29, 1.82) is 0 Å². The van der Waals surface area contributed by atoms with Gasteiger partial charge in [-0.15, -0.1) is 0 Å². The zero-order valence-corrected chi connectivity index (χ0v) is 15.2. The molecule has 1 heterocycles. The average Bonchev–Trinajstić information content (AvgIpc) is 3.05. The van der Waals surface area contributed by atoms with E-state index in [9.17, 15) is 13.2 Å². The molecule has 0 aromatic heterocycles. The van der Waals surface area contributed by atoms with Crippen LogP contribution < -0.4 is 5.32 Å². The standard InChI is InChI=1S/C19H23F3N4/c1-5-23-12(2)10-13(3)25-14(4)15-6-8-16(9-7-15)18-24-11-17(26-18)19(20,21)22/h6-9,13,25H,4-5,10-11H2,1-3H3. The molecule has 1 atom stereocenters. The maximum Gasteiger partial charge on any atom is 0.431 e. The molecule has 1 unspecified atom stereocenters. The minimum Gasteiger partial charge on any atom is -0.382 e. The molecule has 2 rings (SSSR count). The largest absolute Gasteiger partial charge is 0.431 e. The smallest absolute Gasteiger partial charge is 0.382 e. The van der Waals surface area contributed by atoms with Crippen molar-refractivity contribution in [2.45, 2.75) is 39.4 Å². The Morgan fingerprint density at radius 3 is 2.50 bits per heavy atom. The van der Waals surface area contributed by atoms with Crippen molar-refractivity contribution in [2.75, 3.05) is 13.1 Å². The van der Waals surface area contributed by atoms with Gasteiger partial charge in [0.05, 0.1) is 6.54 Å². The van der Waals surface area contributed by atoms with Crippen LogP contribution in [0, 0.1) is 0 Å². The van der Waals surface area contributed by atoms with Crippen LogP contribution in [-0.4, -0.2) is 42.6 Å². The minimum atomic E-state index is -4.43. The second-order valence-electron chi connectivity index (χ2n) is 6.21. The molecule has 0 bridgehead atoms. The molecular weight excluding hydrogens is 341 g/mol. The van der Waals surface area contributed by atoms with E-state index in [1.54, 1.807) is 24.3 Å². The Labute approximate surface area is 151 Å². The van der Waals surface area contributed by atoms with Crippen molar-refractivity contribution in [1.82, 2.24) is 5.32 Å². The molecule has 0 radical (unpaired) electrons. The minimum absolute atomic E-state index is 0.113. The lowest BCUT2D eigenvalue weighted by atomic mass is 10.1. The third kappa shape index (κ3) is 5.28. The van der Waals surface area contributed by atoms with E-state index in [0.29, 0.717) is 5.56 Å². The molecule has 4 nitrogen and oxygen atoms in total. The highest BCUT2D eigenvalue weighted by molar-refractivity contribution is 6.13. The van der Waals surface area contributed by atoms with Crippen LogP contribution in [-0.2, 0) is 0 Å². The van der Waals surface area contributed by atoms with E-state index in [1.807, 2.05) is 13.8 Å². The van der Waals surface area contributed by atoms with E-state index in [-0.39, 0.29) is 11.9 Å². The molecule has 1 aromatic rings. The summed E-state index contributed by atoms with van der Waals surface area (Å²) >= 11 is 0. The van der Waals surface area contributed by atoms with Gasteiger partial charge in [-0.1, -0.05) is 30.8 Å². The van der Waals surface area contributed by atoms with Gasteiger partial charge in [0.15, 0.2) is 5.84 Å². The fourth-order valence-electron chi connectivity index (χ4n) is 2.69. The van der Waals surface area contributed by atoms with Gasteiger partial charge in [-0.05, 0) is 26.3 Å². The highest BCUT2D eigenvalue weighted by Gasteiger charge is 2.37. The van der Waals surface area contributed by atoms with Crippen molar-refractivity contribution < 1.29 is 13.2 Å². The Morgan fingerprint density at radius 2 is 1.96 bits per heavy atom. The Bertz CT molecular complexity index is 743. The van der Waals surface area contributed by atoms with Crippen LogP contribution in [0.15, 0.2) is 45.8 Å². The number of nitrogens with zero attached hydrogens (tertiary/aromatic N) is 3. The van der Waals surface area contributed by atoms with Crippen molar-refractivity contribution >= 4 is 23.0 Å². The summed E-state index contributed by atoms with van der Waals surface area (Å²) in [6.45, 7) is 10.4. The number of rotatable bonds is 7. The molecule has 0 fully saturated rings. The molecule has 140 valence electrons. The zero-order valence-electron chi connectivity index (χ0n) is 15.2. The van der Waals surface area contributed by atoms with Gasteiger partial charge in [0.1, 0.15) is 5.71 Å². The van der Waals surface area contributed by atoms with E-state index in [0.717, 1.165) is 29.9 Å². The third-order valence-corrected chi connectivity index (χ3v) is 3.89. The average molecular weight is 364 g/mol. The number of nitrogens with one attached hydrogen (secondary N) is 1. The Kier molecular flexibility index (Phi) is 6.34. The number of alkyl halides is 3. The van der Waals surface area contributed by atoms with Gasteiger partial charge in [0, 0.05) is 36.0 Å². The third-order valence-electron chi connectivity index (χ3n) is 3.89. The number of amidine groups is 1. The summed E-state index contributed by atoms with van der Waals surface area (Å²) in [4.78, 5) is 11.8. The molecule has 0 saturated heterocycles. The van der Waals surface area contributed by atoms with Gasteiger partial charge >= 0.3 is 6.18 Å². The maximum absolute atomic E-state index is 12.6. The van der Waals surface area contributed by atoms with E-state index < -0.39 is 18.4 Å². The number of hydrogen-bond acceptors (Lipinski definition) is 4. The molecule has 0 saturated carbocycles. The van der Waals surface area contributed by atoms with Crippen LogP contribution >= 0.6 is 0 Å². The van der Waals surface area contributed by atoms with Gasteiger partial charge in [-0.2, -0.15) is 13.2 Å². The quantitative estimate of drug-likeness (QED) is 0.722. The summed E-state index contributed by atoms with van der Waals surface area (Å²) in [7, 11) is 0. The van der Waals surface area contributed by atoms with Crippen LogP contribution in [0.4, 0.5) is 13.2 Å². The summed E-state index contributed by atoms with van der Waals surface area (Å²) in [5.41, 5.74) is 2.39. The molecule has 0 aliphatic carbocycles. The Morgan fingerprint density at radius 1 is 1.31 bits per heavy atom. The fraction of sp³-hybridized carbons (Fsp3) is 0.421. The van der Waals surface area contributed by atoms with Gasteiger partial charge in [-0.3, -0.25) is 9.98 Å². The van der Waals surface area contributed by atoms with Crippen molar-refractivity contribution in [2.24, 2.45) is 15.0 Å². The molecule has 26 heavy (non-hydrogen) atoms. The second-order valence-corrected chi connectivity index (χ2v) is 6.21. The van der Waals surface area contributed by atoms with Crippen LogP contribution in [0.25, 0.3) is 5.70 Å². The maximum atomic E-state index is 12.6. The number of aliphatic imine (C=N–C) groups is 3. The van der Waals surface area contributed by atoms with Gasteiger partial charge in [0.2, 0.25) is 0 Å². The first kappa shape index (κ1) is 19.9. The fourth-order valence-corrected chi connectivity index (χ4v) is 2.69. The van der Waals surface area contributed by atoms with Gasteiger partial charge < -0.3 is 5.32 Å². The normalized spacial score (nSPS) is 16.2. The summed E-state index contributed by atoms with van der Waals surface area (Å²) in [6, 6.07) is 7.19. The predicted octanol–water partition coefficient (Wildman–Crippen LogP) is 4.27. The molecule has 1 aromatic carbocycles. The molecule has 7 heteroatoms. The summed E-state index contributed by atoms with van der Waals surface area (Å²) in [5, 5.41) is 3.32. The monoisotopic (exact) mass is 364 g/mol. The highest BCUT2D eigenvalue weighted by Crippen LogP contribution is 2.22. The first-order chi connectivity index (χ1) is 12.2. The number of hydrogen-bond donors (Lipinski definition) is 1. The summed E-state index contributed by atoms with van der Waals surface area (Å²) < 4.78 is 37.9. The topological polar surface area (TPSA) is 49.1 Å². The molecule has 1 N–H and O–H groups in total.